The van der Waals surface area contributed by atoms with E-state index in [1.807, 2.05) is 24.3 Å². The Morgan fingerprint density at radius 3 is 2.46 bits per heavy atom. The second-order valence-corrected chi connectivity index (χ2v) is 8.98. The van der Waals surface area contributed by atoms with Gasteiger partial charge >= 0.3 is 11.9 Å². The van der Waals surface area contributed by atoms with Gasteiger partial charge in [0, 0.05) is 27.1 Å². The number of aliphatic carboxylic acids is 1. The van der Waals surface area contributed by atoms with Gasteiger partial charge in [-0.3, -0.25) is 4.79 Å². The first-order valence-corrected chi connectivity index (χ1v) is 12.0. The van der Waals surface area contributed by atoms with Crippen molar-refractivity contribution in [3.05, 3.63) is 99.7 Å². The predicted octanol–water partition coefficient (Wildman–Crippen LogP) is 5.26. The highest BCUT2D eigenvalue weighted by atomic mass is 79.9. The molecule has 2 N–H and O–H groups in total. The lowest BCUT2D eigenvalue weighted by molar-refractivity contribution is -0.139. The summed E-state index contributed by atoms with van der Waals surface area (Å²) in [4.78, 5) is 23.2. The van der Waals surface area contributed by atoms with E-state index in [0.29, 0.717) is 22.8 Å². The Labute approximate surface area is 221 Å². The highest BCUT2D eigenvalue weighted by Gasteiger charge is 2.12. The van der Waals surface area contributed by atoms with Crippen LogP contribution in [0.5, 0.6) is 11.5 Å². The number of carboxylic acid groups (broad SMARTS) is 1. The number of aryl methyl sites for hydroxylation is 2. The van der Waals surface area contributed by atoms with Gasteiger partial charge in [-0.2, -0.15) is 5.10 Å². The number of amides is 1. The molecule has 9 nitrogen and oxygen atoms in total. The first-order chi connectivity index (χ1) is 17.8. The summed E-state index contributed by atoms with van der Waals surface area (Å²) in [7, 11) is 0. The van der Waals surface area contributed by atoms with Crippen LogP contribution in [0.1, 0.15) is 33.3 Å². The fraction of sp³-hybridized carbons (Fsp3) is 0.148. The summed E-state index contributed by atoms with van der Waals surface area (Å²) in [5, 5.41) is 12.7. The molecule has 0 fully saturated rings. The molecule has 37 heavy (non-hydrogen) atoms. The lowest BCUT2D eigenvalue weighted by Crippen LogP contribution is -2.17. The third-order valence-corrected chi connectivity index (χ3v) is 5.82. The largest absolute Gasteiger partial charge is 0.486 e. The Morgan fingerprint density at radius 2 is 1.76 bits per heavy atom. The molecular weight excluding hydrogens is 542 g/mol. The molecule has 10 heteroatoms. The third-order valence-electron chi connectivity index (χ3n) is 5.33. The van der Waals surface area contributed by atoms with E-state index < -0.39 is 18.5 Å². The van der Waals surface area contributed by atoms with Gasteiger partial charge in [0.15, 0.2) is 12.4 Å². The average Bonchev–Trinajstić information content (AvgIpc) is 3.48. The second kappa shape index (κ2) is 11.6. The Hall–Kier alpha value is -4.31. The summed E-state index contributed by atoms with van der Waals surface area (Å²) < 4.78 is 19.5. The lowest BCUT2D eigenvalue weighted by Gasteiger charge is -2.10. The summed E-state index contributed by atoms with van der Waals surface area (Å²) >= 11 is 3.34. The molecule has 0 aliphatic heterocycles. The molecular formula is C27H24BrN3O6. The van der Waals surface area contributed by atoms with Gasteiger partial charge in [-0.15, -0.1) is 0 Å². The zero-order valence-electron chi connectivity index (χ0n) is 20.1. The standard InChI is InChI=1S/C27H24BrN3O6/c1-17-3-4-18(2)31(17)21-6-8-22(9-7-21)35-15-23-10-12-25(37-23)27(34)30-29-14-19-13-20(28)5-11-24(19)36-16-26(32)33/h3-14H,15-16H2,1-2H3,(H,30,34)(H,32,33)/b29-14+. The monoisotopic (exact) mass is 565 g/mol. The Morgan fingerprint density at radius 1 is 1.03 bits per heavy atom. The molecule has 0 aliphatic rings. The van der Waals surface area contributed by atoms with Gasteiger partial charge in [-0.05, 0) is 80.6 Å². The van der Waals surface area contributed by atoms with Crippen LogP contribution >= 0.6 is 15.9 Å². The predicted molar refractivity (Wildman–Crippen MR) is 141 cm³/mol. The van der Waals surface area contributed by atoms with Crippen LogP contribution in [0, 0.1) is 13.8 Å². The number of aromatic nitrogens is 1. The summed E-state index contributed by atoms with van der Waals surface area (Å²) in [5.74, 6) is -0.114. The zero-order valence-corrected chi connectivity index (χ0v) is 21.7. The van der Waals surface area contributed by atoms with Crippen LogP contribution in [-0.4, -0.2) is 34.4 Å². The smallest absolute Gasteiger partial charge is 0.341 e. The number of carbonyl (C=O) groups is 2. The number of carbonyl (C=O) groups excluding carboxylic acids is 1. The van der Waals surface area contributed by atoms with Gasteiger partial charge < -0.3 is 23.6 Å². The Balaban J connectivity index is 1.32. The fourth-order valence-electron chi connectivity index (χ4n) is 3.61. The average molecular weight is 566 g/mol. The van der Waals surface area contributed by atoms with E-state index in [2.05, 4.69) is 57.0 Å². The molecule has 2 aromatic heterocycles. The molecule has 0 radical (unpaired) electrons. The van der Waals surface area contributed by atoms with Crippen molar-refractivity contribution in [1.82, 2.24) is 9.99 Å². The van der Waals surface area contributed by atoms with E-state index in [4.69, 9.17) is 19.0 Å². The molecule has 0 bridgehead atoms. The number of halogens is 1. The molecule has 190 valence electrons. The highest BCUT2D eigenvalue weighted by Crippen LogP contribution is 2.22. The van der Waals surface area contributed by atoms with Crippen LogP contribution in [0.3, 0.4) is 0 Å². The van der Waals surface area contributed by atoms with Crippen molar-refractivity contribution in [2.45, 2.75) is 20.5 Å². The topological polar surface area (TPSA) is 115 Å². The zero-order chi connectivity index (χ0) is 26.4. The van der Waals surface area contributed by atoms with Gasteiger partial charge in [0.25, 0.3) is 0 Å². The van der Waals surface area contributed by atoms with E-state index in [9.17, 15) is 9.59 Å². The molecule has 0 aliphatic carbocycles. The van der Waals surface area contributed by atoms with E-state index >= 15 is 0 Å². The molecule has 4 rings (SSSR count). The summed E-state index contributed by atoms with van der Waals surface area (Å²) in [6.45, 7) is 3.77. The third kappa shape index (κ3) is 6.68. The van der Waals surface area contributed by atoms with E-state index in [1.165, 1.54) is 12.3 Å². The quantitative estimate of drug-likeness (QED) is 0.200. The van der Waals surface area contributed by atoms with Crippen molar-refractivity contribution in [2.75, 3.05) is 6.61 Å². The number of benzene rings is 2. The fourth-order valence-corrected chi connectivity index (χ4v) is 3.98. The number of hydrazone groups is 1. The normalized spacial score (nSPS) is 11.0. The molecule has 0 saturated heterocycles. The molecule has 0 unspecified atom stereocenters. The van der Waals surface area contributed by atoms with Crippen LogP contribution in [-0.2, 0) is 11.4 Å². The van der Waals surface area contributed by atoms with Gasteiger partial charge in [0.05, 0.1) is 6.21 Å². The number of hydrogen-bond acceptors (Lipinski definition) is 6. The number of hydrogen-bond donors (Lipinski definition) is 2. The maximum absolute atomic E-state index is 12.4. The first-order valence-electron chi connectivity index (χ1n) is 11.2. The van der Waals surface area contributed by atoms with Gasteiger partial charge in [-0.1, -0.05) is 15.9 Å². The van der Waals surface area contributed by atoms with Crippen molar-refractivity contribution in [2.24, 2.45) is 5.10 Å². The first kappa shape index (κ1) is 25.8. The SMILES string of the molecule is Cc1ccc(C)n1-c1ccc(OCc2ccc(C(=O)N/N=C/c3cc(Br)ccc3OCC(=O)O)o2)cc1. The Bertz CT molecular complexity index is 1420. The van der Waals surface area contributed by atoms with Crippen LogP contribution < -0.4 is 14.9 Å². The molecule has 0 saturated carbocycles. The minimum atomic E-state index is -1.10. The van der Waals surface area contributed by atoms with Crippen LogP contribution in [0.4, 0.5) is 0 Å². The highest BCUT2D eigenvalue weighted by molar-refractivity contribution is 9.10. The van der Waals surface area contributed by atoms with E-state index in [1.54, 1.807) is 24.3 Å². The molecule has 2 heterocycles. The summed E-state index contributed by atoms with van der Waals surface area (Å²) in [5.41, 5.74) is 6.22. The molecule has 0 atom stereocenters. The Kier molecular flexibility index (Phi) is 8.09. The minimum Gasteiger partial charge on any atom is -0.486 e. The number of nitrogens with zero attached hydrogens (tertiary/aromatic N) is 2. The van der Waals surface area contributed by atoms with Crippen LogP contribution in [0.2, 0.25) is 0 Å². The number of rotatable bonds is 10. The lowest BCUT2D eigenvalue weighted by atomic mass is 10.2. The van der Waals surface area contributed by atoms with Crippen molar-refractivity contribution < 1.29 is 28.6 Å². The minimum absolute atomic E-state index is 0.0706. The van der Waals surface area contributed by atoms with E-state index in [-0.39, 0.29) is 12.4 Å². The molecule has 1 amide bonds. The van der Waals surface area contributed by atoms with Crippen molar-refractivity contribution in [3.8, 4) is 17.2 Å². The number of furan rings is 1. The number of nitrogens with one attached hydrogen (secondary N) is 1. The summed E-state index contributed by atoms with van der Waals surface area (Å²) in [6, 6.07) is 20.1. The van der Waals surface area contributed by atoms with Gasteiger partial charge in [-0.25, -0.2) is 10.2 Å². The van der Waals surface area contributed by atoms with Crippen LogP contribution in [0.15, 0.2) is 80.7 Å². The second-order valence-electron chi connectivity index (χ2n) is 8.06. The molecule has 0 spiro atoms. The van der Waals surface area contributed by atoms with Crippen molar-refractivity contribution in [3.63, 3.8) is 0 Å². The van der Waals surface area contributed by atoms with Gasteiger partial charge in [0.2, 0.25) is 0 Å². The number of ether oxygens (including phenoxy) is 2. The van der Waals surface area contributed by atoms with Gasteiger partial charge in [0.1, 0.15) is 23.9 Å². The van der Waals surface area contributed by atoms with Crippen molar-refractivity contribution >= 4 is 34.0 Å². The number of carboxylic acids is 1. The maximum Gasteiger partial charge on any atom is 0.341 e. The maximum atomic E-state index is 12.4. The van der Waals surface area contributed by atoms with E-state index in [0.717, 1.165) is 21.5 Å². The van der Waals surface area contributed by atoms with Crippen LogP contribution in [0.25, 0.3) is 5.69 Å². The molecule has 2 aromatic carbocycles. The summed E-state index contributed by atoms with van der Waals surface area (Å²) in [6.07, 6.45) is 1.35. The van der Waals surface area contributed by atoms with Crippen molar-refractivity contribution in [1.29, 1.82) is 0 Å². The molecule has 4 aromatic rings.